The van der Waals surface area contributed by atoms with Crippen molar-refractivity contribution in [1.29, 1.82) is 0 Å². The average molecular weight is 806 g/mol. The number of aliphatic hydroxyl groups is 2. The summed E-state index contributed by atoms with van der Waals surface area (Å²) in [4.78, 5) is 61.3. The fourth-order valence-electron chi connectivity index (χ4n) is 8.90. The van der Waals surface area contributed by atoms with Gasteiger partial charge in [-0.15, -0.1) is 0 Å². The number of nitrogens with zero attached hydrogens (tertiary/aromatic N) is 3. The summed E-state index contributed by atoms with van der Waals surface area (Å²) in [5.41, 5.74) is 1.64. The number of aromatic nitrogens is 2. The van der Waals surface area contributed by atoms with Crippen LogP contribution in [0.3, 0.4) is 0 Å². The summed E-state index contributed by atoms with van der Waals surface area (Å²) in [6.07, 6.45) is 10.5. The number of esters is 1. The van der Waals surface area contributed by atoms with Crippen LogP contribution in [0.25, 0.3) is 0 Å². The summed E-state index contributed by atoms with van der Waals surface area (Å²) in [6, 6.07) is 6.96. The summed E-state index contributed by atoms with van der Waals surface area (Å²) in [6.45, 7) is 6.89. The second kappa shape index (κ2) is 19.6. The molecule has 4 aliphatic rings. The molecule has 58 heavy (non-hydrogen) atoms. The van der Waals surface area contributed by atoms with Gasteiger partial charge in [0.25, 0.3) is 0 Å². The number of ether oxygens (including phenoxy) is 1. The Morgan fingerprint density at radius 3 is 2.24 bits per heavy atom. The number of hydrogen-bond acceptors (Lipinski definition) is 12. The van der Waals surface area contributed by atoms with Crippen LogP contribution in [0.2, 0.25) is 0 Å². The summed E-state index contributed by atoms with van der Waals surface area (Å²) < 4.78 is 5.91. The SMILES string of the molecule is CC(=O)NC(C(=O)O)C1(O)CCC(C(=O)NCCCc2ccc3c(n2)NC(OC(=O)C(C)C2(O)CCN(CCCCCc4ccc5c(n4)NCCC5)CC2)CC3)CC1. The topological polar surface area (TPSA) is 215 Å². The number of hydrogen-bond donors (Lipinski definition) is 7. The minimum Gasteiger partial charge on any atom is -0.480 e. The van der Waals surface area contributed by atoms with E-state index in [4.69, 9.17) is 14.7 Å². The van der Waals surface area contributed by atoms with Gasteiger partial charge in [0, 0.05) is 56.8 Å². The van der Waals surface area contributed by atoms with Crippen LogP contribution in [0, 0.1) is 11.8 Å². The van der Waals surface area contributed by atoms with Gasteiger partial charge in [0.15, 0.2) is 12.3 Å². The predicted octanol–water partition coefficient (Wildman–Crippen LogP) is 3.50. The molecule has 7 N–H and O–H groups in total. The molecule has 2 aromatic heterocycles. The monoisotopic (exact) mass is 805 g/mol. The van der Waals surface area contributed by atoms with Crippen molar-refractivity contribution in [2.24, 2.45) is 11.8 Å². The molecule has 318 valence electrons. The van der Waals surface area contributed by atoms with Gasteiger partial charge >= 0.3 is 11.9 Å². The van der Waals surface area contributed by atoms with E-state index < -0.39 is 47.2 Å². The first-order chi connectivity index (χ1) is 27.8. The van der Waals surface area contributed by atoms with Crippen molar-refractivity contribution < 1.29 is 39.2 Å². The van der Waals surface area contributed by atoms with Crippen molar-refractivity contribution in [3.05, 3.63) is 46.8 Å². The van der Waals surface area contributed by atoms with Crippen LogP contribution in [-0.2, 0) is 49.6 Å². The van der Waals surface area contributed by atoms with Gasteiger partial charge < -0.3 is 46.2 Å². The van der Waals surface area contributed by atoms with E-state index >= 15 is 0 Å². The summed E-state index contributed by atoms with van der Waals surface area (Å²) in [5, 5.41) is 44.0. The van der Waals surface area contributed by atoms with E-state index in [1.807, 2.05) is 12.1 Å². The highest BCUT2D eigenvalue weighted by Gasteiger charge is 2.46. The van der Waals surface area contributed by atoms with Crippen LogP contribution in [0.1, 0.15) is 113 Å². The highest BCUT2D eigenvalue weighted by molar-refractivity contribution is 5.83. The molecule has 2 aromatic rings. The maximum Gasteiger partial charge on any atom is 0.329 e. The highest BCUT2D eigenvalue weighted by Crippen LogP contribution is 2.35. The third kappa shape index (κ3) is 11.2. The van der Waals surface area contributed by atoms with E-state index in [0.717, 1.165) is 81.1 Å². The molecule has 5 heterocycles. The van der Waals surface area contributed by atoms with E-state index in [1.54, 1.807) is 6.92 Å². The van der Waals surface area contributed by atoms with E-state index in [1.165, 1.54) is 18.9 Å². The Morgan fingerprint density at radius 2 is 1.55 bits per heavy atom. The fourth-order valence-corrected chi connectivity index (χ4v) is 8.90. The Morgan fingerprint density at radius 1 is 0.879 bits per heavy atom. The zero-order valence-electron chi connectivity index (χ0n) is 34.2. The Kier molecular flexibility index (Phi) is 14.6. The van der Waals surface area contributed by atoms with Crippen LogP contribution >= 0.6 is 0 Å². The molecule has 0 spiro atoms. The first-order valence-corrected chi connectivity index (χ1v) is 21.4. The number of piperidine rings is 1. The number of carboxylic acid groups (broad SMARTS) is 1. The third-order valence-electron chi connectivity index (χ3n) is 12.8. The van der Waals surface area contributed by atoms with Crippen LogP contribution in [0.5, 0.6) is 0 Å². The number of likely N-dealkylation sites (tertiary alicyclic amines) is 1. The lowest BCUT2D eigenvalue weighted by Gasteiger charge is -2.41. The van der Waals surface area contributed by atoms with Crippen molar-refractivity contribution in [1.82, 2.24) is 25.5 Å². The zero-order valence-corrected chi connectivity index (χ0v) is 34.2. The number of carbonyl (C=O) groups excluding carboxylic acids is 3. The fraction of sp³-hybridized carbons (Fsp3) is 0.674. The second-order valence-electron chi connectivity index (χ2n) is 17.0. The Hall–Kier alpha value is -4.34. The first kappa shape index (κ1) is 43.2. The van der Waals surface area contributed by atoms with Gasteiger partial charge in [-0.1, -0.05) is 18.6 Å². The van der Waals surface area contributed by atoms with Crippen molar-refractivity contribution in [3.63, 3.8) is 0 Å². The number of aliphatic carboxylic acids is 1. The van der Waals surface area contributed by atoms with E-state index in [-0.39, 0.29) is 24.7 Å². The standard InChI is InChI=1S/C43H63N7O8/c1-28(42(56)21-26-50(27-22-42)25-5-3-4-9-33-14-11-30-8-6-23-44-37(30)47-33)41(55)58-35-16-13-31-12-15-34(48-38(31)49-35)10-7-24-45-39(52)32-17-19-43(57,20-18-32)36(40(53)54)46-29(2)51/h11-12,14-15,28,32,35-36,56-57H,3-10,13,16-27H2,1-2H3,(H,44,47)(H,45,52)(H,46,51)(H,48,49)(H,53,54). The number of fused-ring (bicyclic) bond motifs is 2. The molecule has 0 aromatic carbocycles. The molecule has 6 rings (SSSR count). The normalized spacial score (nSPS) is 23.8. The Balaban J connectivity index is 0.865. The van der Waals surface area contributed by atoms with E-state index in [2.05, 4.69) is 38.3 Å². The number of pyridine rings is 2. The quantitative estimate of drug-likeness (QED) is 0.0902. The number of amides is 2. The minimum atomic E-state index is -1.60. The number of carboxylic acids is 1. The minimum absolute atomic E-state index is 0.0952. The lowest BCUT2D eigenvalue weighted by molar-refractivity contribution is -0.165. The van der Waals surface area contributed by atoms with Gasteiger partial charge in [-0.3, -0.25) is 14.4 Å². The van der Waals surface area contributed by atoms with Gasteiger partial charge in [0.05, 0.1) is 17.1 Å². The maximum absolute atomic E-state index is 13.3. The van der Waals surface area contributed by atoms with Crippen molar-refractivity contribution in [2.75, 3.05) is 43.4 Å². The second-order valence-corrected chi connectivity index (χ2v) is 17.0. The van der Waals surface area contributed by atoms with Crippen LogP contribution < -0.4 is 21.3 Å². The molecule has 1 aliphatic carbocycles. The molecule has 3 unspecified atom stereocenters. The molecule has 15 nitrogen and oxygen atoms in total. The van der Waals surface area contributed by atoms with Gasteiger partial charge in [0.2, 0.25) is 11.8 Å². The smallest absolute Gasteiger partial charge is 0.329 e. The number of aryl methyl sites for hydroxylation is 4. The lowest BCUT2D eigenvalue weighted by Crippen LogP contribution is -2.58. The Labute approximate surface area is 341 Å². The summed E-state index contributed by atoms with van der Waals surface area (Å²) in [5.74, 6) is -1.65. The van der Waals surface area contributed by atoms with E-state index in [0.29, 0.717) is 63.7 Å². The highest BCUT2D eigenvalue weighted by atomic mass is 16.6. The maximum atomic E-state index is 13.3. The number of rotatable bonds is 17. The number of carbonyl (C=O) groups is 4. The molecular weight excluding hydrogens is 743 g/mol. The molecule has 0 radical (unpaired) electrons. The number of anilines is 2. The molecule has 15 heteroatoms. The summed E-state index contributed by atoms with van der Waals surface area (Å²) in [7, 11) is 0. The third-order valence-corrected chi connectivity index (χ3v) is 12.8. The molecular formula is C43H63N7O8. The molecule has 1 saturated carbocycles. The lowest BCUT2D eigenvalue weighted by atomic mass is 9.74. The Bertz CT molecular complexity index is 1760. The van der Waals surface area contributed by atoms with Gasteiger partial charge in [-0.25, -0.2) is 14.8 Å². The van der Waals surface area contributed by atoms with Gasteiger partial charge in [-0.05, 0) is 127 Å². The first-order valence-electron chi connectivity index (χ1n) is 21.4. The zero-order chi connectivity index (χ0) is 41.3. The van der Waals surface area contributed by atoms with Crippen molar-refractivity contribution >= 4 is 35.4 Å². The largest absolute Gasteiger partial charge is 0.480 e. The van der Waals surface area contributed by atoms with Crippen molar-refractivity contribution in [3.8, 4) is 0 Å². The molecule has 3 aliphatic heterocycles. The predicted molar refractivity (Wildman–Crippen MR) is 218 cm³/mol. The molecule has 2 amide bonds. The number of nitrogens with one attached hydrogen (secondary N) is 4. The van der Waals surface area contributed by atoms with Gasteiger partial charge in [-0.2, -0.15) is 0 Å². The van der Waals surface area contributed by atoms with Gasteiger partial charge in [0.1, 0.15) is 11.6 Å². The molecule has 2 fully saturated rings. The van der Waals surface area contributed by atoms with Crippen LogP contribution in [0.4, 0.5) is 11.6 Å². The summed E-state index contributed by atoms with van der Waals surface area (Å²) >= 11 is 0. The molecule has 0 bridgehead atoms. The number of unbranched alkanes of at least 4 members (excludes halogenated alkanes) is 2. The molecule has 1 saturated heterocycles. The average Bonchev–Trinajstić information content (AvgIpc) is 3.21. The molecule has 3 atom stereocenters. The van der Waals surface area contributed by atoms with E-state index in [9.17, 15) is 34.5 Å². The van der Waals surface area contributed by atoms with Crippen LogP contribution in [-0.4, -0.2) is 110 Å². The van der Waals surface area contributed by atoms with Crippen LogP contribution in [0.15, 0.2) is 24.3 Å². The van der Waals surface area contributed by atoms with Crippen molar-refractivity contribution in [2.45, 2.75) is 140 Å².